The molecule has 27 heavy (non-hydrogen) atoms. The molecule has 0 radical (unpaired) electrons. The molecule has 0 aliphatic rings. The Hall–Kier alpha value is -2.19. The molecule has 8 heteroatoms. The second-order valence-electron chi connectivity index (χ2n) is 5.36. The number of hydrogen-bond acceptors (Lipinski definition) is 4. The molecule has 5 nitrogen and oxygen atoms in total. The topological polar surface area (TPSA) is 54.9 Å². The van der Waals surface area contributed by atoms with Gasteiger partial charge in [0.15, 0.2) is 16.6 Å². The van der Waals surface area contributed by atoms with Crippen molar-refractivity contribution in [2.45, 2.75) is 20.5 Å². The summed E-state index contributed by atoms with van der Waals surface area (Å²) >= 11 is 8.55. The average molecular weight is 454 g/mol. The van der Waals surface area contributed by atoms with Crippen LogP contribution in [0.3, 0.4) is 0 Å². The SMILES string of the molecule is CCNC(=S)NN=Cc1cc(OCC)c(OCc2ccccc2F)cc1Br. The highest BCUT2D eigenvalue weighted by Gasteiger charge is 2.11. The van der Waals surface area contributed by atoms with Gasteiger partial charge in [0.2, 0.25) is 0 Å². The molecule has 0 fully saturated rings. The van der Waals surface area contributed by atoms with Crippen LogP contribution in [0.25, 0.3) is 0 Å². The van der Waals surface area contributed by atoms with Crippen molar-refractivity contribution in [2.75, 3.05) is 13.2 Å². The van der Waals surface area contributed by atoms with Crippen LogP contribution in [0.1, 0.15) is 25.0 Å². The van der Waals surface area contributed by atoms with Gasteiger partial charge in [0.1, 0.15) is 12.4 Å². The van der Waals surface area contributed by atoms with Gasteiger partial charge < -0.3 is 14.8 Å². The highest BCUT2D eigenvalue weighted by molar-refractivity contribution is 9.10. The van der Waals surface area contributed by atoms with E-state index in [9.17, 15) is 4.39 Å². The lowest BCUT2D eigenvalue weighted by atomic mass is 10.2. The molecule has 0 aliphatic carbocycles. The summed E-state index contributed by atoms with van der Waals surface area (Å²) in [6, 6.07) is 10.1. The zero-order valence-corrected chi connectivity index (χ0v) is 17.5. The van der Waals surface area contributed by atoms with E-state index >= 15 is 0 Å². The summed E-state index contributed by atoms with van der Waals surface area (Å²) in [4.78, 5) is 0. The van der Waals surface area contributed by atoms with E-state index in [0.717, 1.165) is 10.0 Å². The molecule has 0 atom stereocenters. The van der Waals surface area contributed by atoms with Crippen LogP contribution in [-0.4, -0.2) is 24.5 Å². The second-order valence-corrected chi connectivity index (χ2v) is 6.63. The number of benzene rings is 2. The molecule has 2 rings (SSSR count). The Morgan fingerprint density at radius 1 is 1.22 bits per heavy atom. The van der Waals surface area contributed by atoms with E-state index < -0.39 is 0 Å². The van der Waals surface area contributed by atoms with Crippen LogP contribution in [0.5, 0.6) is 11.5 Å². The van der Waals surface area contributed by atoms with Gasteiger partial charge in [-0.05, 0) is 60.2 Å². The van der Waals surface area contributed by atoms with Gasteiger partial charge in [-0.1, -0.05) is 18.2 Å². The van der Waals surface area contributed by atoms with Crippen molar-refractivity contribution in [3.8, 4) is 11.5 Å². The number of hydrazone groups is 1. The van der Waals surface area contributed by atoms with Crippen LogP contribution in [-0.2, 0) is 6.61 Å². The van der Waals surface area contributed by atoms with Crippen molar-refractivity contribution < 1.29 is 13.9 Å². The Balaban J connectivity index is 2.16. The van der Waals surface area contributed by atoms with Crippen molar-refractivity contribution in [2.24, 2.45) is 5.10 Å². The largest absolute Gasteiger partial charge is 0.490 e. The third kappa shape index (κ3) is 6.48. The van der Waals surface area contributed by atoms with E-state index in [4.69, 9.17) is 21.7 Å². The van der Waals surface area contributed by atoms with Gasteiger partial charge in [-0.2, -0.15) is 5.10 Å². The van der Waals surface area contributed by atoms with E-state index in [-0.39, 0.29) is 12.4 Å². The predicted molar refractivity (Wildman–Crippen MR) is 113 cm³/mol. The first-order valence-corrected chi connectivity index (χ1v) is 9.64. The van der Waals surface area contributed by atoms with Crippen molar-refractivity contribution in [3.05, 3.63) is 57.8 Å². The Labute approximate surface area is 172 Å². The van der Waals surface area contributed by atoms with Crippen LogP contribution in [0.4, 0.5) is 4.39 Å². The summed E-state index contributed by atoms with van der Waals surface area (Å²) in [6.45, 7) is 5.12. The molecule has 0 unspecified atom stereocenters. The monoisotopic (exact) mass is 453 g/mol. The molecule has 0 bridgehead atoms. The minimum atomic E-state index is -0.305. The molecule has 0 saturated carbocycles. The fourth-order valence-electron chi connectivity index (χ4n) is 2.16. The average Bonchev–Trinajstić information content (AvgIpc) is 2.64. The molecule has 2 aromatic rings. The van der Waals surface area contributed by atoms with Crippen molar-refractivity contribution >= 4 is 39.5 Å². The number of nitrogens with zero attached hydrogens (tertiary/aromatic N) is 1. The summed E-state index contributed by atoms with van der Waals surface area (Å²) in [5.41, 5.74) is 3.99. The van der Waals surface area contributed by atoms with Gasteiger partial charge in [-0.3, -0.25) is 5.43 Å². The van der Waals surface area contributed by atoms with Crippen molar-refractivity contribution in [1.29, 1.82) is 0 Å². The lowest BCUT2D eigenvalue weighted by Crippen LogP contribution is -2.31. The first-order valence-electron chi connectivity index (χ1n) is 8.44. The Morgan fingerprint density at radius 2 is 1.96 bits per heavy atom. The molecule has 0 heterocycles. The number of nitrogens with one attached hydrogen (secondary N) is 2. The Bertz CT molecular complexity index is 818. The molecule has 2 N–H and O–H groups in total. The maximum Gasteiger partial charge on any atom is 0.186 e. The number of rotatable bonds is 8. The van der Waals surface area contributed by atoms with Crippen molar-refractivity contribution in [3.63, 3.8) is 0 Å². The second kappa shape index (κ2) is 10.8. The maximum atomic E-state index is 13.8. The van der Waals surface area contributed by atoms with E-state index in [2.05, 4.69) is 31.8 Å². The lowest BCUT2D eigenvalue weighted by Gasteiger charge is -2.14. The molecule has 0 amide bonds. The van der Waals surface area contributed by atoms with Crippen LogP contribution in [0.2, 0.25) is 0 Å². The van der Waals surface area contributed by atoms with Gasteiger partial charge in [0.25, 0.3) is 0 Å². The van der Waals surface area contributed by atoms with Crippen molar-refractivity contribution in [1.82, 2.24) is 10.7 Å². The third-order valence-corrected chi connectivity index (χ3v) is 4.33. The zero-order valence-electron chi connectivity index (χ0n) is 15.1. The first kappa shape index (κ1) is 21.1. The van der Waals surface area contributed by atoms with E-state index in [1.807, 2.05) is 13.8 Å². The van der Waals surface area contributed by atoms with E-state index in [1.54, 1.807) is 36.5 Å². The van der Waals surface area contributed by atoms with Crippen LogP contribution in [0.15, 0.2) is 46.0 Å². The number of ether oxygens (including phenoxy) is 2. The molecule has 0 spiro atoms. The molecular formula is C19H21BrFN3O2S. The fraction of sp³-hybridized carbons (Fsp3) is 0.263. The number of thiocarbonyl (C=S) groups is 1. The van der Waals surface area contributed by atoms with Gasteiger partial charge in [0.05, 0.1) is 12.8 Å². The molecular weight excluding hydrogens is 433 g/mol. The predicted octanol–water partition coefficient (Wildman–Crippen LogP) is 4.38. The molecule has 2 aromatic carbocycles. The smallest absolute Gasteiger partial charge is 0.186 e. The highest BCUT2D eigenvalue weighted by Crippen LogP contribution is 2.34. The standard InChI is InChI=1S/C19H21BrFN3O2S/c1-3-22-19(27)24-23-11-14-9-17(25-4-2)18(10-15(14)20)26-12-13-7-5-6-8-16(13)21/h5-11H,3-4,12H2,1-2H3,(H2,22,24,27). The van der Waals surface area contributed by atoms with Gasteiger partial charge >= 0.3 is 0 Å². The van der Waals surface area contributed by atoms with Crippen LogP contribution >= 0.6 is 28.1 Å². The molecule has 0 saturated heterocycles. The molecule has 0 aromatic heterocycles. The summed E-state index contributed by atoms with van der Waals surface area (Å²) in [6.07, 6.45) is 1.62. The van der Waals surface area contributed by atoms with E-state index in [0.29, 0.717) is 35.3 Å². The summed E-state index contributed by atoms with van der Waals surface area (Å²) in [5, 5.41) is 7.49. The maximum absolute atomic E-state index is 13.8. The fourth-order valence-corrected chi connectivity index (χ4v) is 2.78. The molecule has 0 aliphatic heterocycles. The first-order chi connectivity index (χ1) is 13.0. The molecule has 144 valence electrons. The van der Waals surface area contributed by atoms with Gasteiger partial charge in [-0.25, -0.2) is 4.39 Å². The third-order valence-electron chi connectivity index (χ3n) is 3.41. The van der Waals surface area contributed by atoms with Gasteiger partial charge in [-0.15, -0.1) is 0 Å². The Kier molecular flexibility index (Phi) is 8.47. The van der Waals surface area contributed by atoms with E-state index in [1.165, 1.54) is 6.07 Å². The Morgan fingerprint density at radius 3 is 2.67 bits per heavy atom. The quantitative estimate of drug-likeness (QED) is 0.352. The normalized spacial score (nSPS) is 10.7. The minimum Gasteiger partial charge on any atom is -0.490 e. The highest BCUT2D eigenvalue weighted by atomic mass is 79.9. The summed E-state index contributed by atoms with van der Waals surface area (Å²) in [5.74, 6) is 0.758. The summed E-state index contributed by atoms with van der Waals surface area (Å²) < 4.78 is 26.0. The lowest BCUT2D eigenvalue weighted by molar-refractivity contribution is 0.265. The number of hydrogen-bond donors (Lipinski definition) is 2. The minimum absolute atomic E-state index is 0.102. The zero-order chi connectivity index (χ0) is 19.6. The van der Waals surface area contributed by atoms with Crippen LogP contribution < -0.4 is 20.2 Å². The summed E-state index contributed by atoms with van der Waals surface area (Å²) in [7, 11) is 0. The number of halogens is 2. The van der Waals surface area contributed by atoms with Gasteiger partial charge in [0, 0.05) is 22.1 Å². The van der Waals surface area contributed by atoms with Crippen LogP contribution in [0, 0.1) is 5.82 Å².